The standard InChI is InChI=1S/C17H21NO4/c1-17(2,3)22-16(21)18-12-14-10-8-13(9-11-14)6-4-5-7-15(19)20/h8-11H,5,7,12H2,1-3H3,(H,18,21)(H,19,20). The highest BCUT2D eigenvalue weighted by atomic mass is 16.6. The normalized spacial score (nSPS) is 10.3. The van der Waals surface area contributed by atoms with Crippen molar-refractivity contribution in [2.24, 2.45) is 0 Å². The first-order valence-corrected chi connectivity index (χ1v) is 7.03. The minimum Gasteiger partial charge on any atom is -0.481 e. The average molecular weight is 303 g/mol. The summed E-state index contributed by atoms with van der Waals surface area (Å²) in [6.07, 6.45) is -0.0765. The smallest absolute Gasteiger partial charge is 0.407 e. The number of aliphatic carboxylic acids is 1. The molecular formula is C17H21NO4. The van der Waals surface area contributed by atoms with Crippen molar-refractivity contribution in [3.8, 4) is 11.8 Å². The fourth-order valence-electron chi connectivity index (χ4n) is 1.53. The summed E-state index contributed by atoms with van der Waals surface area (Å²) in [6, 6.07) is 7.39. The Labute approximate surface area is 130 Å². The van der Waals surface area contributed by atoms with E-state index in [4.69, 9.17) is 9.84 Å². The molecule has 1 rings (SSSR count). The van der Waals surface area contributed by atoms with E-state index in [1.165, 1.54) is 0 Å². The van der Waals surface area contributed by atoms with Crippen LogP contribution in [-0.2, 0) is 16.1 Å². The fourth-order valence-corrected chi connectivity index (χ4v) is 1.53. The van der Waals surface area contributed by atoms with Crippen molar-refractivity contribution in [2.75, 3.05) is 0 Å². The van der Waals surface area contributed by atoms with Gasteiger partial charge in [0.25, 0.3) is 0 Å². The number of carbonyl (C=O) groups is 2. The number of ether oxygens (including phenoxy) is 1. The van der Waals surface area contributed by atoms with Gasteiger partial charge in [0.2, 0.25) is 0 Å². The molecule has 0 radical (unpaired) electrons. The lowest BCUT2D eigenvalue weighted by molar-refractivity contribution is -0.136. The van der Waals surface area contributed by atoms with Crippen molar-refractivity contribution in [3.63, 3.8) is 0 Å². The molecule has 0 aliphatic rings. The van der Waals surface area contributed by atoms with E-state index >= 15 is 0 Å². The maximum atomic E-state index is 11.5. The molecule has 2 N–H and O–H groups in total. The van der Waals surface area contributed by atoms with E-state index in [9.17, 15) is 9.59 Å². The average Bonchev–Trinajstić information content (AvgIpc) is 2.40. The largest absolute Gasteiger partial charge is 0.481 e. The lowest BCUT2D eigenvalue weighted by Gasteiger charge is -2.19. The molecule has 0 aliphatic heterocycles. The molecule has 0 unspecified atom stereocenters. The molecule has 0 spiro atoms. The first-order valence-electron chi connectivity index (χ1n) is 7.03. The van der Waals surface area contributed by atoms with Crippen molar-refractivity contribution >= 4 is 12.1 Å². The summed E-state index contributed by atoms with van der Waals surface area (Å²) in [6.45, 7) is 5.81. The molecule has 0 aliphatic carbocycles. The van der Waals surface area contributed by atoms with Gasteiger partial charge in [-0.2, -0.15) is 0 Å². The van der Waals surface area contributed by atoms with Crippen LogP contribution in [0.4, 0.5) is 4.79 Å². The van der Waals surface area contributed by atoms with Crippen LogP contribution in [0.15, 0.2) is 24.3 Å². The predicted octanol–water partition coefficient (Wildman–Crippen LogP) is 2.93. The molecule has 0 saturated heterocycles. The van der Waals surface area contributed by atoms with E-state index in [1.807, 2.05) is 45.0 Å². The van der Waals surface area contributed by atoms with Gasteiger partial charge in [-0.05, 0) is 38.5 Å². The number of amides is 1. The second-order valence-electron chi connectivity index (χ2n) is 5.75. The molecule has 1 aromatic carbocycles. The van der Waals surface area contributed by atoms with Gasteiger partial charge in [0, 0.05) is 18.5 Å². The summed E-state index contributed by atoms with van der Waals surface area (Å²) < 4.78 is 5.15. The van der Waals surface area contributed by atoms with Crippen LogP contribution in [0.25, 0.3) is 0 Å². The lowest BCUT2D eigenvalue weighted by Crippen LogP contribution is -2.32. The second kappa shape index (κ2) is 8.08. The second-order valence-corrected chi connectivity index (χ2v) is 5.75. The van der Waals surface area contributed by atoms with Crippen molar-refractivity contribution in [1.29, 1.82) is 0 Å². The van der Waals surface area contributed by atoms with Gasteiger partial charge in [0.05, 0.1) is 6.42 Å². The van der Waals surface area contributed by atoms with Crippen molar-refractivity contribution < 1.29 is 19.4 Å². The van der Waals surface area contributed by atoms with E-state index in [-0.39, 0.29) is 6.42 Å². The first-order chi connectivity index (χ1) is 10.3. The summed E-state index contributed by atoms with van der Waals surface area (Å²) in [7, 11) is 0. The highest BCUT2D eigenvalue weighted by Crippen LogP contribution is 2.07. The van der Waals surface area contributed by atoms with Crippen LogP contribution in [0.3, 0.4) is 0 Å². The monoisotopic (exact) mass is 303 g/mol. The Kier molecular flexibility index (Phi) is 6.46. The molecule has 22 heavy (non-hydrogen) atoms. The summed E-state index contributed by atoms with van der Waals surface area (Å²) in [5.74, 6) is 4.86. The Hall–Kier alpha value is -2.48. The molecule has 0 atom stereocenters. The molecule has 0 heterocycles. The third-order valence-electron chi connectivity index (χ3n) is 2.49. The zero-order chi connectivity index (χ0) is 16.6. The van der Waals surface area contributed by atoms with Gasteiger partial charge in [-0.15, -0.1) is 0 Å². The van der Waals surface area contributed by atoms with Gasteiger partial charge in [-0.3, -0.25) is 4.79 Å². The Balaban J connectivity index is 2.45. The topological polar surface area (TPSA) is 75.6 Å². The van der Waals surface area contributed by atoms with Crippen LogP contribution < -0.4 is 5.32 Å². The number of benzene rings is 1. The first kappa shape index (κ1) is 17.6. The number of alkyl carbamates (subject to hydrolysis) is 1. The fraction of sp³-hybridized carbons (Fsp3) is 0.412. The molecular weight excluding hydrogens is 282 g/mol. The van der Waals surface area contributed by atoms with E-state index in [2.05, 4.69) is 17.2 Å². The zero-order valence-electron chi connectivity index (χ0n) is 13.1. The van der Waals surface area contributed by atoms with Gasteiger partial charge in [0.15, 0.2) is 0 Å². The number of rotatable bonds is 4. The van der Waals surface area contributed by atoms with E-state index in [0.717, 1.165) is 11.1 Å². The van der Waals surface area contributed by atoms with E-state index in [1.54, 1.807) is 0 Å². The molecule has 5 nitrogen and oxygen atoms in total. The quantitative estimate of drug-likeness (QED) is 0.839. The number of carbonyl (C=O) groups excluding carboxylic acids is 1. The van der Waals surface area contributed by atoms with Gasteiger partial charge in [-0.1, -0.05) is 24.0 Å². The predicted molar refractivity (Wildman–Crippen MR) is 83.3 cm³/mol. The Morgan fingerprint density at radius 2 is 1.86 bits per heavy atom. The molecule has 5 heteroatoms. The van der Waals surface area contributed by atoms with Gasteiger partial charge in [0.1, 0.15) is 5.60 Å². The summed E-state index contributed by atoms with van der Waals surface area (Å²) in [5, 5.41) is 11.2. The molecule has 0 aromatic heterocycles. The van der Waals surface area contributed by atoms with E-state index in [0.29, 0.717) is 13.0 Å². The number of carboxylic acids is 1. The highest BCUT2D eigenvalue weighted by molar-refractivity contribution is 5.67. The van der Waals surface area contributed by atoms with E-state index < -0.39 is 17.7 Å². The highest BCUT2D eigenvalue weighted by Gasteiger charge is 2.15. The van der Waals surface area contributed by atoms with Crippen LogP contribution in [0.5, 0.6) is 0 Å². The maximum absolute atomic E-state index is 11.5. The third-order valence-corrected chi connectivity index (χ3v) is 2.49. The maximum Gasteiger partial charge on any atom is 0.407 e. The minimum atomic E-state index is -0.849. The van der Waals surface area contributed by atoms with Crippen LogP contribution >= 0.6 is 0 Å². The summed E-state index contributed by atoms with van der Waals surface area (Å²) >= 11 is 0. The molecule has 0 saturated carbocycles. The molecule has 1 aromatic rings. The van der Waals surface area contributed by atoms with Crippen LogP contribution in [0, 0.1) is 11.8 Å². The van der Waals surface area contributed by atoms with Crippen molar-refractivity contribution in [3.05, 3.63) is 35.4 Å². The number of hydrogen-bond donors (Lipinski definition) is 2. The number of carboxylic acid groups (broad SMARTS) is 1. The van der Waals surface area contributed by atoms with Gasteiger partial charge < -0.3 is 15.2 Å². The Morgan fingerprint density at radius 3 is 2.41 bits per heavy atom. The third kappa shape index (κ3) is 7.95. The lowest BCUT2D eigenvalue weighted by atomic mass is 10.1. The SMILES string of the molecule is CC(C)(C)OC(=O)NCc1ccc(C#CCCC(=O)O)cc1. The van der Waals surface area contributed by atoms with Crippen molar-refractivity contribution in [1.82, 2.24) is 5.32 Å². The summed E-state index contributed by atoms with van der Waals surface area (Å²) in [5.41, 5.74) is 1.23. The number of hydrogen-bond acceptors (Lipinski definition) is 3. The Bertz CT molecular complexity index is 573. The van der Waals surface area contributed by atoms with Crippen LogP contribution in [-0.4, -0.2) is 22.8 Å². The summed E-state index contributed by atoms with van der Waals surface area (Å²) in [4.78, 5) is 21.9. The zero-order valence-corrected chi connectivity index (χ0v) is 13.1. The Morgan fingerprint density at radius 1 is 1.23 bits per heavy atom. The molecule has 118 valence electrons. The molecule has 0 fully saturated rings. The van der Waals surface area contributed by atoms with Crippen LogP contribution in [0.2, 0.25) is 0 Å². The molecule has 0 bridgehead atoms. The van der Waals surface area contributed by atoms with Crippen LogP contribution in [0.1, 0.15) is 44.7 Å². The number of nitrogens with one attached hydrogen (secondary N) is 1. The van der Waals surface area contributed by atoms with Gasteiger partial charge >= 0.3 is 12.1 Å². The van der Waals surface area contributed by atoms with Gasteiger partial charge in [-0.25, -0.2) is 4.79 Å². The molecule has 1 amide bonds. The van der Waals surface area contributed by atoms with Crippen molar-refractivity contribution in [2.45, 2.75) is 45.8 Å². The minimum absolute atomic E-state index is 0.0465.